The molecular formula is C25H17BrCl2N2O4. The second kappa shape index (κ2) is 11.2. The van der Waals surface area contributed by atoms with Gasteiger partial charge in [0.1, 0.15) is 18.2 Å². The van der Waals surface area contributed by atoms with Crippen molar-refractivity contribution in [3.63, 3.8) is 0 Å². The number of ether oxygens (including phenoxy) is 1. The van der Waals surface area contributed by atoms with Gasteiger partial charge in [-0.25, -0.2) is 4.79 Å². The first-order valence-corrected chi connectivity index (χ1v) is 11.4. The van der Waals surface area contributed by atoms with Crippen molar-refractivity contribution in [1.82, 2.24) is 0 Å². The van der Waals surface area contributed by atoms with Gasteiger partial charge in [0.25, 0.3) is 5.91 Å². The molecule has 0 aromatic heterocycles. The van der Waals surface area contributed by atoms with Gasteiger partial charge in [-0.1, -0.05) is 41.4 Å². The molecular weight excluding hydrogens is 543 g/mol. The molecule has 0 aliphatic rings. The standard InChI is InChI=1S/C25H17BrCl2N2O4/c1-14-2-7-19(11-21(14)27)30-24(31)18(12-29)8-16-9-20(26)23(22(28)10-16)34-13-15-3-5-17(6-4-15)25(32)33/h2-11H,13H2,1H3,(H,30,31)(H,32,33)/b18-8-. The van der Waals surface area contributed by atoms with Gasteiger partial charge in [0, 0.05) is 10.7 Å². The minimum absolute atomic E-state index is 0.119. The van der Waals surface area contributed by atoms with Gasteiger partial charge in [-0.2, -0.15) is 5.26 Å². The summed E-state index contributed by atoms with van der Waals surface area (Å²) in [5.74, 6) is -1.21. The molecule has 9 heteroatoms. The van der Waals surface area contributed by atoms with Crippen LogP contribution < -0.4 is 10.1 Å². The van der Waals surface area contributed by atoms with Crippen molar-refractivity contribution in [2.24, 2.45) is 0 Å². The van der Waals surface area contributed by atoms with E-state index < -0.39 is 11.9 Å². The Bertz CT molecular complexity index is 1310. The van der Waals surface area contributed by atoms with E-state index in [-0.39, 0.29) is 22.8 Å². The number of nitriles is 1. The molecule has 0 saturated heterocycles. The van der Waals surface area contributed by atoms with Gasteiger partial charge in [0.05, 0.1) is 15.1 Å². The molecule has 172 valence electrons. The van der Waals surface area contributed by atoms with Crippen LogP contribution in [0.5, 0.6) is 5.75 Å². The molecule has 34 heavy (non-hydrogen) atoms. The monoisotopic (exact) mass is 558 g/mol. The average Bonchev–Trinajstić information content (AvgIpc) is 2.79. The van der Waals surface area contributed by atoms with E-state index in [1.54, 1.807) is 42.5 Å². The van der Waals surface area contributed by atoms with Crippen molar-refractivity contribution in [2.45, 2.75) is 13.5 Å². The van der Waals surface area contributed by atoms with E-state index >= 15 is 0 Å². The quantitative estimate of drug-likeness (QED) is 0.242. The van der Waals surface area contributed by atoms with Crippen molar-refractivity contribution in [2.75, 3.05) is 5.32 Å². The highest BCUT2D eigenvalue weighted by Crippen LogP contribution is 2.36. The number of nitrogens with zero attached hydrogens (tertiary/aromatic N) is 1. The molecule has 2 N–H and O–H groups in total. The molecule has 6 nitrogen and oxygen atoms in total. The second-order valence-corrected chi connectivity index (χ2v) is 8.86. The number of carboxylic acid groups (broad SMARTS) is 1. The number of rotatable bonds is 7. The van der Waals surface area contributed by atoms with Crippen LogP contribution in [0.15, 0.2) is 64.6 Å². The van der Waals surface area contributed by atoms with E-state index in [2.05, 4.69) is 21.2 Å². The predicted octanol–water partition coefficient (Wildman–Crippen LogP) is 6.89. The lowest BCUT2D eigenvalue weighted by atomic mass is 10.1. The summed E-state index contributed by atoms with van der Waals surface area (Å²) in [6.45, 7) is 2.01. The summed E-state index contributed by atoms with van der Waals surface area (Å²) in [6.07, 6.45) is 1.41. The molecule has 0 spiro atoms. The van der Waals surface area contributed by atoms with Gasteiger partial charge < -0.3 is 15.2 Å². The van der Waals surface area contributed by atoms with E-state index in [9.17, 15) is 14.9 Å². The van der Waals surface area contributed by atoms with Gasteiger partial charge >= 0.3 is 5.97 Å². The number of aromatic carboxylic acids is 1. The van der Waals surface area contributed by atoms with Crippen LogP contribution in [-0.4, -0.2) is 17.0 Å². The zero-order chi connectivity index (χ0) is 24.8. The van der Waals surface area contributed by atoms with Gasteiger partial charge in [-0.3, -0.25) is 4.79 Å². The van der Waals surface area contributed by atoms with Gasteiger partial charge in [-0.15, -0.1) is 0 Å². The summed E-state index contributed by atoms with van der Waals surface area (Å²) in [5.41, 5.74) is 2.69. The van der Waals surface area contributed by atoms with Crippen molar-refractivity contribution < 1.29 is 19.4 Å². The number of nitrogens with one attached hydrogen (secondary N) is 1. The topological polar surface area (TPSA) is 99.4 Å². The van der Waals surface area contributed by atoms with Crippen LogP contribution in [0.4, 0.5) is 5.69 Å². The number of hydrogen-bond acceptors (Lipinski definition) is 4. The SMILES string of the molecule is Cc1ccc(NC(=O)/C(C#N)=C\c2cc(Cl)c(OCc3ccc(C(=O)O)cc3)c(Br)c2)cc1Cl. The van der Waals surface area contributed by atoms with Gasteiger partial charge in [0.15, 0.2) is 5.75 Å². The summed E-state index contributed by atoms with van der Waals surface area (Å²) >= 11 is 15.9. The van der Waals surface area contributed by atoms with Crippen molar-refractivity contribution in [3.8, 4) is 11.8 Å². The molecule has 0 radical (unpaired) electrons. The number of carbonyl (C=O) groups is 2. The Labute approximate surface area is 214 Å². The Hall–Kier alpha value is -3.31. The highest BCUT2D eigenvalue weighted by molar-refractivity contribution is 9.10. The molecule has 0 atom stereocenters. The molecule has 3 aromatic rings. The number of hydrogen-bond donors (Lipinski definition) is 2. The summed E-state index contributed by atoms with van der Waals surface area (Å²) in [5, 5.41) is 21.9. The highest BCUT2D eigenvalue weighted by atomic mass is 79.9. The van der Waals surface area contributed by atoms with E-state index in [4.69, 9.17) is 33.0 Å². The average molecular weight is 560 g/mol. The molecule has 0 unspecified atom stereocenters. The van der Waals surface area contributed by atoms with Crippen LogP contribution in [0.25, 0.3) is 6.08 Å². The zero-order valence-corrected chi connectivity index (χ0v) is 20.8. The van der Waals surface area contributed by atoms with E-state index in [1.165, 1.54) is 18.2 Å². The minimum Gasteiger partial charge on any atom is -0.486 e. The summed E-state index contributed by atoms with van der Waals surface area (Å²) in [4.78, 5) is 23.5. The smallest absolute Gasteiger partial charge is 0.335 e. The van der Waals surface area contributed by atoms with Crippen molar-refractivity contribution in [3.05, 3.63) is 96.9 Å². The summed E-state index contributed by atoms with van der Waals surface area (Å²) in [6, 6.07) is 16.5. The Kier molecular flexibility index (Phi) is 8.35. The second-order valence-electron chi connectivity index (χ2n) is 7.19. The fourth-order valence-electron chi connectivity index (χ4n) is 2.88. The van der Waals surface area contributed by atoms with Crippen LogP contribution in [0.1, 0.15) is 27.0 Å². The first kappa shape index (κ1) is 25.3. The van der Waals surface area contributed by atoms with E-state index in [1.807, 2.05) is 13.0 Å². The largest absolute Gasteiger partial charge is 0.486 e. The first-order valence-electron chi connectivity index (χ1n) is 9.81. The lowest BCUT2D eigenvalue weighted by molar-refractivity contribution is -0.112. The molecule has 0 heterocycles. The van der Waals surface area contributed by atoms with Crippen LogP contribution in [-0.2, 0) is 11.4 Å². The Morgan fingerprint density at radius 1 is 1.12 bits per heavy atom. The molecule has 3 rings (SSSR count). The molecule has 0 aliphatic carbocycles. The Morgan fingerprint density at radius 3 is 2.41 bits per heavy atom. The molecule has 1 amide bonds. The van der Waals surface area contributed by atoms with Crippen molar-refractivity contribution >= 4 is 62.8 Å². The maximum atomic E-state index is 12.6. The number of halogens is 3. The van der Waals surface area contributed by atoms with E-state index in [0.717, 1.165) is 11.1 Å². The zero-order valence-electron chi connectivity index (χ0n) is 17.7. The fraction of sp³-hybridized carbons (Fsp3) is 0.0800. The van der Waals surface area contributed by atoms with Gasteiger partial charge in [0.2, 0.25) is 0 Å². The number of benzene rings is 3. The highest BCUT2D eigenvalue weighted by Gasteiger charge is 2.14. The number of carbonyl (C=O) groups excluding carboxylic acids is 1. The van der Waals surface area contributed by atoms with Gasteiger partial charge in [-0.05, 0) is 82.0 Å². The summed E-state index contributed by atoms with van der Waals surface area (Å²) < 4.78 is 6.31. The van der Waals surface area contributed by atoms with Crippen LogP contribution in [0.3, 0.4) is 0 Å². The van der Waals surface area contributed by atoms with E-state index in [0.29, 0.717) is 26.5 Å². The molecule has 0 bridgehead atoms. The number of carboxylic acids is 1. The fourth-order valence-corrected chi connectivity index (χ4v) is 4.05. The Morgan fingerprint density at radius 2 is 1.82 bits per heavy atom. The number of aryl methyl sites for hydroxylation is 1. The Balaban J connectivity index is 1.75. The van der Waals surface area contributed by atoms with Crippen LogP contribution >= 0.6 is 39.1 Å². The number of anilines is 1. The normalized spacial score (nSPS) is 11.0. The predicted molar refractivity (Wildman–Crippen MR) is 135 cm³/mol. The first-order chi connectivity index (χ1) is 16.2. The summed E-state index contributed by atoms with van der Waals surface area (Å²) in [7, 11) is 0. The molecule has 3 aromatic carbocycles. The number of amides is 1. The third kappa shape index (κ3) is 6.39. The molecule has 0 aliphatic heterocycles. The molecule has 0 saturated carbocycles. The lowest BCUT2D eigenvalue weighted by Gasteiger charge is -2.12. The minimum atomic E-state index is -1.00. The maximum absolute atomic E-state index is 12.6. The van der Waals surface area contributed by atoms with Crippen LogP contribution in [0.2, 0.25) is 10.0 Å². The van der Waals surface area contributed by atoms with Crippen molar-refractivity contribution in [1.29, 1.82) is 5.26 Å². The third-order valence-electron chi connectivity index (χ3n) is 4.71. The lowest BCUT2D eigenvalue weighted by Crippen LogP contribution is -2.13. The third-order valence-corrected chi connectivity index (χ3v) is 5.99. The van der Waals surface area contributed by atoms with Crippen LogP contribution in [0, 0.1) is 18.3 Å². The maximum Gasteiger partial charge on any atom is 0.335 e. The molecule has 0 fully saturated rings.